The fourth-order valence-corrected chi connectivity index (χ4v) is 3.15. The van der Waals surface area contributed by atoms with Gasteiger partial charge in [-0.3, -0.25) is 29.8 Å². The predicted molar refractivity (Wildman–Crippen MR) is 127 cm³/mol. The Morgan fingerprint density at radius 1 is 1.06 bits per heavy atom. The highest BCUT2D eigenvalue weighted by atomic mass is 79.9. The molecule has 0 spiro atoms. The molecule has 1 aromatic heterocycles. The summed E-state index contributed by atoms with van der Waals surface area (Å²) in [5.41, 5.74) is 4.59. The summed E-state index contributed by atoms with van der Waals surface area (Å²) in [6.45, 7) is 0. The molecule has 0 fully saturated rings. The predicted octanol–water partition coefficient (Wildman–Crippen LogP) is 2.81. The second kappa shape index (κ2) is 11.2. The van der Waals surface area contributed by atoms with Gasteiger partial charge in [-0.15, -0.1) is 17.0 Å². The number of benzene rings is 2. The topological polar surface area (TPSA) is 212 Å². The van der Waals surface area contributed by atoms with Gasteiger partial charge in [0.15, 0.2) is 0 Å². The SMILES string of the molecule is Br.N[C@H](Cc1cc([N+](=O)[O-])c(Oc2ccc(O)c(Cc3ccc(=O)[nH]c3)c2)c([N+](=O)[O-])c1)C(=O)O. The number of nitro benzene ring substituents is 2. The quantitative estimate of drug-likeness (QED) is 0.225. The molecule has 184 valence electrons. The van der Waals surface area contributed by atoms with Gasteiger partial charge in [0, 0.05) is 36.4 Å². The molecule has 35 heavy (non-hydrogen) atoms. The number of aromatic amines is 1. The van der Waals surface area contributed by atoms with Gasteiger partial charge in [-0.05, 0) is 35.7 Å². The van der Waals surface area contributed by atoms with Gasteiger partial charge in [0.05, 0.1) is 9.85 Å². The number of nitrogens with two attached hydrogens (primary N) is 1. The van der Waals surface area contributed by atoms with Gasteiger partial charge >= 0.3 is 17.3 Å². The summed E-state index contributed by atoms with van der Waals surface area (Å²) in [4.78, 5) is 46.2. The van der Waals surface area contributed by atoms with E-state index < -0.39 is 39.0 Å². The summed E-state index contributed by atoms with van der Waals surface area (Å²) in [6.07, 6.45) is 1.24. The Balaban J connectivity index is 0.00000432. The van der Waals surface area contributed by atoms with Gasteiger partial charge in [-0.1, -0.05) is 6.07 Å². The Kier molecular flexibility index (Phi) is 8.64. The monoisotopic (exact) mass is 550 g/mol. The van der Waals surface area contributed by atoms with E-state index in [0.29, 0.717) is 11.1 Å². The molecule has 1 atom stereocenters. The Labute approximate surface area is 206 Å². The van der Waals surface area contributed by atoms with Crippen molar-refractivity contribution in [1.29, 1.82) is 0 Å². The number of nitrogens with one attached hydrogen (secondary N) is 1. The van der Waals surface area contributed by atoms with Gasteiger partial charge in [-0.25, -0.2) is 0 Å². The van der Waals surface area contributed by atoms with E-state index in [0.717, 1.165) is 12.1 Å². The van der Waals surface area contributed by atoms with Crippen LogP contribution < -0.4 is 16.0 Å². The molecule has 14 heteroatoms. The molecule has 0 aliphatic rings. The number of carboxylic acid groups (broad SMARTS) is 1. The number of phenolic OH excluding ortho intramolecular Hbond substituents is 1. The lowest BCUT2D eigenvalue weighted by Gasteiger charge is -2.12. The summed E-state index contributed by atoms with van der Waals surface area (Å²) in [5.74, 6) is -2.19. The van der Waals surface area contributed by atoms with E-state index in [1.165, 1.54) is 30.5 Å². The number of carbonyl (C=O) groups is 1. The number of aromatic hydroxyl groups is 1. The van der Waals surface area contributed by atoms with E-state index in [1.54, 1.807) is 6.07 Å². The van der Waals surface area contributed by atoms with Crippen LogP contribution in [0.5, 0.6) is 17.2 Å². The number of pyridine rings is 1. The largest absolute Gasteiger partial charge is 0.508 e. The first kappa shape index (κ1) is 26.9. The fraction of sp³-hybridized carbons (Fsp3) is 0.143. The Hall–Kier alpha value is -4.30. The number of phenols is 1. The third-order valence-electron chi connectivity index (χ3n) is 4.79. The van der Waals surface area contributed by atoms with Crippen LogP contribution in [0.3, 0.4) is 0 Å². The highest BCUT2D eigenvalue weighted by Crippen LogP contribution is 2.42. The Bertz CT molecular complexity index is 1290. The zero-order valence-electron chi connectivity index (χ0n) is 17.7. The van der Waals surface area contributed by atoms with Crippen LogP contribution in [0.15, 0.2) is 53.5 Å². The van der Waals surface area contributed by atoms with Gasteiger partial charge in [0.2, 0.25) is 5.56 Å². The zero-order chi connectivity index (χ0) is 25.0. The van der Waals surface area contributed by atoms with Crippen molar-refractivity contribution in [2.24, 2.45) is 5.73 Å². The maximum absolute atomic E-state index is 11.6. The molecule has 0 amide bonds. The number of halogens is 1. The van der Waals surface area contributed by atoms with Crippen LogP contribution in [0.4, 0.5) is 11.4 Å². The van der Waals surface area contributed by atoms with E-state index in [4.69, 9.17) is 15.6 Å². The number of rotatable bonds is 9. The van der Waals surface area contributed by atoms with Crippen LogP contribution in [-0.4, -0.2) is 37.1 Å². The summed E-state index contributed by atoms with van der Waals surface area (Å²) < 4.78 is 5.52. The maximum Gasteiger partial charge on any atom is 0.320 e. The average molecular weight is 551 g/mol. The van der Waals surface area contributed by atoms with E-state index in [1.807, 2.05) is 0 Å². The van der Waals surface area contributed by atoms with Crippen molar-refractivity contribution in [2.75, 3.05) is 0 Å². The second-order valence-electron chi connectivity index (χ2n) is 7.26. The first-order valence-electron chi connectivity index (χ1n) is 9.66. The smallest absolute Gasteiger partial charge is 0.320 e. The van der Waals surface area contributed by atoms with Gasteiger partial charge in [0.25, 0.3) is 5.75 Å². The van der Waals surface area contributed by atoms with Gasteiger partial charge in [-0.2, -0.15) is 0 Å². The average Bonchev–Trinajstić information content (AvgIpc) is 2.77. The molecule has 0 bridgehead atoms. The molecule has 0 aliphatic heterocycles. The van der Waals surface area contributed by atoms with E-state index in [9.17, 15) is 34.9 Å². The minimum Gasteiger partial charge on any atom is -0.508 e. The number of ether oxygens (including phenoxy) is 1. The zero-order valence-corrected chi connectivity index (χ0v) is 19.5. The molecule has 0 radical (unpaired) electrons. The molecule has 3 aromatic rings. The Morgan fingerprint density at radius 2 is 1.69 bits per heavy atom. The van der Waals surface area contributed by atoms with Crippen LogP contribution in [-0.2, 0) is 17.6 Å². The van der Waals surface area contributed by atoms with Crippen LogP contribution in [0.25, 0.3) is 0 Å². The number of hydrogen-bond donors (Lipinski definition) is 4. The van der Waals surface area contributed by atoms with E-state index in [2.05, 4.69) is 4.98 Å². The minimum atomic E-state index is -1.42. The molecular weight excluding hydrogens is 532 g/mol. The molecule has 2 aromatic carbocycles. The van der Waals surface area contributed by atoms with Crippen LogP contribution in [0, 0.1) is 20.2 Å². The molecule has 13 nitrogen and oxygen atoms in total. The first-order valence-corrected chi connectivity index (χ1v) is 9.66. The number of carboxylic acids is 1. The van der Waals surface area contributed by atoms with Crippen molar-refractivity contribution < 1.29 is 29.6 Å². The standard InChI is InChI=1S/C21H18N4O9.BrH/c22-15(21(28)29)6-12-7-16(24(30)31)20(17(8-12)25(32)33)34-14-2-3-18(26)13(9-14)5-11-1-4-19(27)23-10-11;/h1-4,7-10,15,26H,5-6,22H2,(H,23,27)(H,28,29);1H/t15-;/m1./s1. The number of H-pyrrole nitrogens is 1. The number of nitro groups is 2. The lowest BCUT2D eigenvalue weighted by atomic mass is 10.0. The van der Waals surface area contributed by atoms with Crippen molar-refractivity contribution in [2.45, 2.75) is 18.9 Å². The van der Waals surface area contributed by atoms with Crippen LogP contribution in [0.1, 0.15) is 16.7 Å². The molecule has 3 rings (SSSR count). The highest BCUT2D eigenvalue weighted by Gasteiger charge is 2.30. The van der Waals surface area contributed by atoms with Crippen LogP contribution >= 0.6 is 17.0 Å². The van der Waals surface area contributed by atoms with Crippen LogP contribution in [0.2, 0.25) is 0 Å². The fourth-order valence-electron chi connectivity index (χ4n) is 3.15. The molecule has 0 saturated carbocycles. The molecule has 0 aliphatic carbocycles. The Morgan fingerprint density at radius 3 is 2.20 bits per heavy atom. The summed E-state index contributed by atoms with van der Waals surface area (Å²) >= 11 is 0. The summed E-state index contributed by atoms with van der Waals surface area (Å²) in [6, 6.07) is 7.24. The highest BCUT2D eigenvalue weighted by molar-refractivity contribution is 8.93. The number of hydrogen-bond acceptors (Lipinski definition) is 9. The molecule has 5 N–H and O–H groups in total. The third-order valence-corrected chi connectivity index (χ3v) is 4.79. The van der Waals surface area contributed by atoms with E-state index >= 15 is 0 Å². The number of nitrogens with zero attached hydrogens (tertiary/aromatic N) is 2. The summed E-state index contributed by atoms with van der Waals surface area (Å²) in [5, 5.41) is 42.4. The van der Waals surface area contributed by atoms with Crippen molar-refractivity contribution in [1.82, 2.24) is 4.98 Å². The molecule has 0 saturated heterocycles. The van der Waals surface area contributed by atoms with Gasteiger partial charge < -0.3 is 25.7 Å². The second-order valence-corrected chi connectivity index (χ2v) is 7.26. The lowest BCUT2D eigenvalue weighted by Crippen LogP contribution is -2.32. The molecule has 0 unspecified atom stereocenters. The summed E-state index contributed by atoms with van der Waals surface area (Å²) in [7, 11) is 0. The first-order chi connectivity index (χ1) is 16.0. The normalized spacial score (nSPS) is 11.2. The number of aromatic nitrogens is 1. The van der Waals surface area contributed by atoms with E-state index in [-0.39, 0.29) is 52.4 Å². The maximum atomic E-state index is 11.6. The van der Waals surface area contributed by atoms with Crippen molar-refractivity contribution in [3.63, 3.8) is 0 Å². The molecular formula is C21H19BrN4O9. The van der Waals surface area contributed by atoms with Crippen molar-refractivity contribution >= 4 is 34.3 Å². The van der Waals surface area contributed by atoms with Crippen molar-refractivity contribution in [3.05, 3.63) is 95.9 Å². The number of aliphatic carboxylic acids is 1. The lowest BCUT2D eigenvalue weighted by molar-refractivity contribution is -0.395. The minimum absolute atomic E-state index is 0. The van der Waals surface area contributed by atoms with Gasteiger partial charge in [0.1, 0.15) is 17.5 Å². The third kappa shape index (κ3) is 6.61. The molecule has 1 heterocycles. The van der Waals surface area contributed by atoms with Crippen molar-refractivity contribution in [3.8, 4) is 17.2 Å².